The quantitative estimate of drug-likeness (QED) is 0.389. The summed E-state index contributed by atoms with van der Waals surface area (Å²) in [7, 11) is -1.53. The number of phosphoric acid groups is 1. The van der Waals surface area contributed by atoms with Gasteiger partial charge in [0.1, 0.15) is 0 Å². The number of carbonyl (C=O) groups excluding carboxylic acids is 1. The van der Waals surface area contributed by atoms with Crippen molar-refractivity contribution in [2.45, 2.75) is 4.51 Å². The highest BCUT2D eigenvalue weighted by atomic mass is 79.9. The Morgan fingerprint density at radius 1 is 0.957 bits per heavy atom. The fraction of sp³-hybridized carbons (Fsp3) is 0.188. The SMILES string of the molecule is COP(=O)(OC)OC(Br)(C(=O)c1ccccc1)c1ccccc1. The Balaban J connectivity index is 2.52. The Morgan fingerprint density at radius 2 is 1.43 bits per heavy atom. The fourth-order valence-electron chi connectivity index (χ4n) is 1.96. The average molecular weight is 399 g/mol. The van der Waals surface area contributed by atoms with Crippen LogP contribution in [0.5, 0.6) is 0 Å². The zero-order valence-electron chi connectivity index (χ0n) is 12.6. The van der Waals surface area contributed by atoms with Crippen LogP contribution >= 0.6 is 23.8 Å². The number of alkyl halides is 1. The van der Waals surface area contributed by atoms with Crippen molar-refractivity contribution in [1.29, 1.82) is 0 Å². The van der Waals surface area contributed by atoms with Crippen molar-refractivity contribution in [3.63, 3.8) is 0 Å². The van der Waals surface area contributed by atoms with Crippen LogP contribution in [-0.4, -0.2) is 20.0 Å². The Bertz CT molecular complexity index is 699. The van der Waals surface area contributed by atoms with Gasteiger partial charge in [0.05, 0.1) is 0 Å². The number of carbonyl (C=O) groups is 1. The highest BCUT2D eigenvalue weighted by Crippen LogP contribution is 2.56. The number of Topliss-reactive ketones (excluding diaryl/α,β-unsaturated/α-hetero) is 1. The van der Waals surface area contributed by atoms with E-state index in [-0.39, 0.29) is 0 Å². The smallest absolute Gasteiger partial charge is 0.290 e. The molecule has 0 spiro atoms. The lowest BCUT2D eigenvalue weighted by Gasteiger charge is -2.29. The summed E-state index contributed by atoms with van der Waals surface area (Å²) in [5, 5.41) is 0. The first-order chi connectivity index (χ1) is 10.9. The zero-order valence-corrected chi connectivity index (χ0v) is 15.1. The molecule has 0 heterocycles. The molecule has 0 aromatic heterocycles. The largest absolute Gasteiger partial charge is 0.476 e. The van der Waals surface area contributed by atoms with E-state index in [1.165, 1.54) is 14.2 Å². The number of hydrogen-bond acceptors (Lipinski definition) is 5. The molecule has 0 radical (unpaired) electrons. The third-order valence-corrected chi connectivity index (χ3v) is 5.78. The first-order valence-electron chi connectivity index (χ1n) is 6.72. The van der Waals surface area contributed by atoms with Crippen LogP contribution in [-0.2, 0) is 22.6 Å². The minimum atomic E-state index is -3.91. The van der Waals surface area contributed by atoms with Crippen LogP contribution in [0, 0.1) is 0 Å². The van der Waals surface area contributed by atoms with Gasteiger partial charge in [0, 0.05) is 25.3 Å². The van der Waals surface area contributed by atoms with E-state index in [2.05, 4.69) is 15.9 Å². The van der Waals surface area contributed by atoms with Crippen molar-refractivity contribution in [1.82, 2.24) is 0 Å². The van der Waals surface area contributed by atoms with E-state index in [4.69, 9.17) is 13.6 Å². The molecule has 1 unspecified atom stereocenters. The highest BCUT2D eigenvalue weighted by molar-refractivity contribution is 9.10. The molecule has 0 aliphatic heterocycles. The number of rotatable bonds is 7. The lowest BCUT2D eigenvalue weighted by molar-refractivity contribution is 0.0576. The van der Waals surface area contributed by atoms with Gasteiger partial charge in [-0.15, -0.1) is 0 Å². The molecule has 1 atom stereocenters. The predicted octanol–water partition coefficient (Wildman–Crippen LogP) is 4.53. The maximum absolute atomic E-state index is 13.0. The van der Waals surface area contributed by atoms with Gasteiger partial charge in [-0.25, -0.2) is 4.57 Å². The summed E-state index contributed by atoms with van der Waals surface area (Å²) in [5.41, 5.74) is 0.871. The van der Waals surface area contributed by atoms with Gasteiger partial charge in [-0.3, -0.25) is 18.4 Å². The first kappa shape index (κ1) is 18.0. The van der Waals surface area contributed by atoms with Gasteiger partial charge in [-0.2, -0.15) is 0 Å². The molecule has 0 N–H and O–H groups in total. The minimum Gasteiger partial charge on any atom is -0.290 e. The summed E-state index contributed by atoms with van der Waals surface area (Å²) in [6.07, 6.45) is 0. The molecule has 5 nitrogen and oxygen atoms in total. The van der Waals surface area contributed by atoms with Gasteiger partial charge >= 0.3 is 7.82 Å². The molecule has 0 bridgehead atoms. The maximum atomic E-state index is 13.0. The van der Waals surface area contributed by atoms with Crippen molar-refractivity contribution in [2.24, 2.45) is 0 Å². The molecule has 7 heteroatoms. The summed E-state index contributed by atoms with van der Waals surface area (Å²) >= 11 is 3.31. The molecular weight excluding hydrogens is 383 g/mol. The number of phosphoric ester groups is 1. The second-order valence-electron chi connectivity index (χ2n) is 4.56. The van der Waals surface area contributed by atoms with E-state index in [0.717, 1.165) is 0 Å². The second-order valence-corrected chi connectivity index (χ2v) is 7.48. The number of halogens is 1. The lowest BCUT2D eigenvalue weighted by Crippen LogP contribution is -2.32. The third-order valence-electron chi connectivity index (χ3n) is 3.16. The van der Waals surface area contributed by atoms with Crippen molar-refractivity contribution < 1.29 is 22.9 Å². The summed E-state index contributed by atoms with van der Waals surface area (Å²) in [6.45, 7) is 0. The van der Waals surface area contributed by atoms with Crippen molar-refractivity contribution in [2.75, 3.05) is 14.2 Å². The van der Waals surface area contributed by atoms with Gasteiger partial charge < -0.3 is 0 Å². The summed E-state index contributed by atoms with van der Waals surface area (Å²) in [6, 6.07) is 17.2. The molecule has 0 aliphatic rings. The molecular formula is C16H16BrO5P. The fourth-order valence-corrected chi connectivity index (χ4v) is 3.78. The van der Waals surface area contributed by atoms with E-state index in [1.54, 1.807) is 60.7 Å². The normalized spacial score (nSPS) is 14.2. The van der Waals surface area contributed by atoms with Crippen LogP contribution in [0.25, 0.3) is 0 Å². The minimum absolute atomic E-state index is 0.395. The Morgan fingerprint density at radius 3 is 1.91 bits per heavy atom. The predicted molar refractivity (Wildman–Crippen MR) is 90.5 cm³/mol. The molecule has 23 heavy (non-hydrogen) atoms. The summed E-state index contributed by atoms with van der Waals surface area (Å²) in [5.74, 6) is -0.418. The molecule has 0 fully saturated rings. The zero-order chi connectivity index (χ0) is 16.9. The maximum Gasteiger partial charge on any atom is 0.476 e. The first-order valence-corrected chi connectivity index (χ1v) is 8.97. The van der Waals surface area contributed by atoms with Gasteiger partial charge in [0.15, 0.2) is 0 Å². The van der Waals surface area contributed by atoms with E-state index in [9.17, 15) is 9.36 Å². The van der Waals surface area contributed by atoms with Crippen LogP contribution in [0.1, 0.15) is 15.9 Å². The van der Waals surface area contributed by atoms with E-state index in [1.807, 2.05) is 0 Å². The Hall–Kier alpha value is -1.30. The monoisotopic (exact) mass is 398 g/mol. The third kappa shape index (κ3) is 3.97. The standard InChI is InChI=1S/C16H16BrO5P/c1-20-23(19,21-2)22-16(17,14-11-7-4-8-12-14)15(18)13-9-5-3-6-10-13/h3-12H,1-2H3. The average Bonchev–Trinajstić information content (AvgIpc) is 2.62. The van der Waals surface area contributed by atoms with Gasteiger partial charge in [-0.05, 0) is 15.9 Å². The molecule has 122 valence electrons. The van der Waals surface area contributed by atoms with Gasteiger partial charge in [-0.1, -0.05) is 60.7 Å². The topological polar surface area (TPSA) is 61.8 Å². The number of benzene rings is 2. The van der Waals surface area contributed by atoms with Crippen molar-refractivity contribution >= 4 is 29.5 Å². The van der Waals surface area contributed by atoms with Crippen LogP contribution in [0.4, 0.5) is 0 Å². The molecule has 0 aliphatic carbocycles. The van der Waals surface area contributed by atoms with Gasteiger partial charge in [0.25, 0.3) is 0 Å². The van der Waals surface area contributed by atoms with E-state index in [0.29, 0.717) is 11.1 Å². The van der Waals surface area contributed by atoms with E-state index >= 15 is 0 Å². The Labute approximate surface area is 143 Å². The van der Waals surface area contributed by atoms with Gasteiger partial charge in [0.2, 0.25) is 10.3 Å². The second kappa shape index (κ2) is 7.51. The highest BCUT2D eigenvalue weighted by Gasteiger charge is 2.46. The summed E-state index contributed by atoms with van der Waals surface area (Å²) < 4.78 is 25.9. The molecule has 0 saturated carbocycles. The molecule has 0 amide bonds. The molecule has 2 aromatic rings. The van der Waals surface area contributed by atoms with Crippen LogP contribution in [0.2, 0.25) is 0 Å². The number of ketones is 1. The molecule has 2 rings (SSSR count). The van der Waals surface area contributed by atoms with E-state index < -0.39 is 18.1 Å². The lowest BCUT2D eigenvalue weighted by atomic mass is 10.00. The van der Waals surface area contributed by atoms with Crippen molar-refractivity contribution in [3.05, 3.63) is 71.8 Å². The van der Waals surface area contributed by atoms with Crippen LogP contribution in [0.15, 0.2) is 60.7 Å². The Kier molecular flexibility index (Phi) is 5.89. The summed E-state index contributed by atoms with van der Waals surface area (Å²) in [4.78, 5) is 13.0. The molecule has 2 aromatic carbocycles. The molecule has 0 saturated heterocycles. The van der Waals surface area contributed by atoms with Crippen LogP contribution < -0.4 is 0 Å². The number of hydrogen-bond donors (Lipinski definition) is 0. The van der Waals surface area contributed by atoms with Crippen LogP contribution in [0.3, 0.4) is 0 Å². The van der Waals surface area contributed by atoms with Crippen molar-refractivity contribution in [3.8, 4) is 0 Å².